The summed E-state index contributed by atoms with van der Waals surface area (Å²) in [5.74, 6) is 2.06. The minimum Gasteiger partial charge on any atom is -0.384 e. The van der Waals surface area contributed by atoms with Crippen molar-refractivity contribution >= 4 is 17.7 Å². The minimum absolute atomic E-state index is 0.105. The Kier molecular flexibility index (Phi) is 7.08. The zero-order chi connectivity index (χ0) is 19.9. The van der Waals surface area contributed by atoms with Crippen LogP contribution in [-0.2, 0) is 16.1 Å². The zero-order valence-electron chi connectivity index (χ0n) is 16.9. The number of amides is 1. The van der Waals surface area contributed by atoms with Gasteiger partial charge in [-0.15, -0.1) is 0 Å². The van der Waals surface area contributed by atoms with Crippen molar-refractivity contribution in [3.8, 4) is 0 Å². The number of hydrogen-bond acceptors (Lipinski definition) is 5. The molecule has 0 spiro atoms. The molecule has 8 nitrogen and oxygen atoms in total. The number of guanidine groups is 1. The lowest BCUT2D eigenvalue weighted by Gasteiger charge is -2.33. The average molecular weight is 389 g/mol. The Morgan fingerprint density at radius 1 is 1.39 bits per heavy atom. The van der Waals surface area contributed by atoms with E-state index in [1.165, 1.54) is 0 Å². The molecule has 3 heterocycles. The molecule has 2 atom stereocenters. The first kappa shape index (κ1) is 20.4. The molecule has 0 aromatic carbocycles. The standard InChI is InChI=1S/C20H32N6O2/c1-22-20(26-10-7-15(12-26)14-28-2)24-11-16-5-3-8-23-19(16)25-9-4-6-17(13-25)18(21)27/h3,5,8,15,17H,4,6-7,9-14H2,1-2H3,(H2,21,27)(H,22,24). The number of ether oxygens (including phenoxy) is 1. The smallest absolute Gasteiger partial charge is 0.222 e. The first-order valence-electron chi connectivity index (χ1n) is 10.0. The molecule has 1 amide bonds. The van der Waals surface area contributed by atoms with Crippen LogP contribution in [0.5, 0.6) is 0 Å². The summed E-state index contributed by atoms with van der Waals surface area (Å²) in [5.41, 5.74) is 6.63. The number of likely N-dealkylation sites (tertiary alicyclic amines) is 1. The molecule has 0 aliphatic carbocycles. The van der Waals surface area contributed by atoms with Gasteiger partial charge >= 0.3 is 0 Å². The van der Waals surface area contributed by atoms with Crippen LogP contribution >= 0.6 is 0 Å². The van der Waals surface area contributed by atoms with E-state index in [4.69, 9.17) is 10.5 Å². The van der Waals surface area contributed by atoms with E-state index in [9.17, 15) is 4.79 Å². The van der Waals surface area contributed by atoms with Crippen molar-refractivity contribution in [2.75, 3.05) is 51.8 Å². The monoisotopic (exact) mass is 388 g/mol. The van der Waals surface area contributed by atoms with E-state index in [-0.39, 0.29) is 11.8 Å². The van der Waals surface area contributed by atoms with E-state index in [0.29, 0.717) is 19.0 Å². The maximum absolute atomic E-state index is 11.6. The van der Waals surface area contributed by atoms with Crippen LogP contribution in [0.15, 0.2) is 23.3 Å². The third kappa shape index (κ3) is 4.92. The number of pyridine rings is 1. The van der Waals surface area contributed by atoms with E-state index in [0.717, 1.165) is 62.8 Å². The molecular formula is C20H32N6O2. The van der Waals surface area contributed by atoms with Crippen molar-refractivity contribution in [2.24, 2.45) is 22.6 Å². The number of anilines is 1. The number of methoxy groups -OCH3 is 1. The number of hydrogen-bond donors (Lipinski definition) is 2. The van der Waals surface area contributed by atoms with Crippen molar-refractivity contribution in [3.05, 3.63) is 23.9 Å². The summed E-state index contributed by atoms with van der Waals surface area (Å²) < 4.78 is 5.29. The Morgan fingerprint density at radius 3 is 3.00 bits per heavy atom. The molecule has 3 rings (SSSR count). The van der Waals surface area contributed by atoms with Crippen LogP contribution in [0.3, 0.4) is 0 Å². The predicted molar refractivity (Wildman–Crippen MR) is 110 cm³/mol. The van der Waals surface area contributed by atoms with Crippen LogP contribution in [0.1, 0.15) is 24.8 Å². The summed E-state index contributed by atoms with van der Waals surface area (Å²) in [6.45, 7) is 4.90. The van der Waals surface area contributed by atoms with Gasteiger partial charge in [0, 0.05) is 64.6 Å². The Hall–Kier alpha value is -2.35. The number of rotatable bonds is 6. The predicted octanol–water partition coefficient (Wildman–Crippen LogP) is 0.827. The lowest BCUT2D eigenvalue weighted by atomic mass is 9.97. The summed E-state index contributed by atoms with van der Waals surface area (Å²) in [4.78, 5) is 25.1. The zero-order valence-corrected chi connectivity index (χ0v) is 16.9. The van der Waals surface area contributed by atoms with Crippen molar-refractivity contribution in [3.63, 3.8) is 0 Å². The molecule has 0 radical (unpaired) electrons. The number of nitrogens with zero attached hydrogens (tertiary/aromatic N) is 4. The SMILES string of the molecule is CN=C(NCc1cccnc1N1CCCC(C(N)=O)C1)N1CCC(COC)C1. The molecule has 1 aromatic heterocycles. The highest BCUT2D eigenvalue weighted by Gasteiger charge is 2.27. The van der Waals surface area contributed by atoms with Crippen LogP contribution in [0.4, 0.5) is 5.82 Å². The van der Waals surface area contributed by atoms with Gasteiger partial charge in [-0.1, -0.05) is 6.07 Å². The second-order valence-corrected chi connectivity index (χ2v) is 7.63. The summed E-state index contributed by atoms with van der Waals surface area (Å²) in [7, 11) is 3.57. The van der Waals surface area contributed by atoms with Crippen molar-refractivity contribution in [1.82, 2.24) is 15.2 Å². The second kappa shape index (κ2) is 9.73. The van der Waals surface area contributed by atoms with Gasteiger partial charge in [0.05, 0.1) is 12.5 Å². The Morgan fingerprint density at radius 2 is 2.25 bits per heavy atom. The van der Waals surface area contributed by atoms with Crippen LogP contribution in [0.25, 0.3) is 0 Å². The number of primary amides is 1. The van der Waals surface area contributed by atoms with E-state index in [2.05, 4.69) is 31.2 Å². The van der Waals surface area contributed by atoms with Crippen molar-refractivity contribution in [2.45, 2.75) is 25.8 Å². The Bertz CT molecular complexity index is 695. The molecule has 3 N–H and O–H groups in total. The summed E-state index contributed by atoms with van der Waals surface area (Å²) >= 11 is 0. The van der Waals surface area contributed by atoms with E-state index >= 15 is 0 Å². The maximum atomic E-state index is 11.6. The topological polar surface area (TPSA) is 96.1 Å². The highest BCUT2D eigenvalue weighted by Crippen LogP contribution is 2.24. The van der Waals surface area contributed by atoms with Gasteiger partial charge in [0.2, 0.25) is 5.91 Å². The van der Waals surface area contributed by atoms with Gasteiger partial charge in [-0.05, 0) is 25.3 Å². The number of carbonyl (C=O) groups is 1. The van der Waals surface area contributed by atoms with Crippen LogP contribution < -0.4 is 16.0 Å². The first-order chi connectivity index (χ1) is 13.6. The van der Waals surface area contributed by atoms with Crippen LogP contribution in [-0.4, -0.2) is 68.7 Å². The highest BCUT2D eigenvalue weighted by atomic mass is 16.5. The molecular weight excluding hydrogens is 356 g/mol. The third-order valence-electron chi connectivity index (χ3n) is 5.63. The van der Waals surface area contributed by atoms with Crippen LogP contribution in [0, 0.1) is 11.8 Å². The van der Waals surface area contributed by atoms with Gasteiger partial charge in [-0.25, -0.2) is 4.98 Å². The maximum Gasteiger partial charge on any atom is 0.222 e. The van der Waals surface area contributed by atoms with Crippen molar-refractivity contribution in [1.29, 1.82) is 0 Å². The summed E-state index contributed by atoms with van der Waals surface area (Å²) in [6, 6.07) is 4.03. The molecule has 28 heavy (non-hydrogen) atoms. The molecule has 8 heteroatoms. The fraction of sp³-hybridized carbons (Fsp3) is 0.650. The quantitative estimate of drug-likeness (QED) is 0.553. The molecule has 1 aromatic rings. The van der Waals surface area contributed by atoms with Gasteiger partial charge in [0.1, 0.15) is 5.82 Å². The fourth-order valence-corrected chi connectivity index (χ4v) is 4.16. The van der Waals surface area contributed by atoms with Crippen LogP contribution in [0.2, 0.25) is 0 Å². The molecule has 154 valence electrons. The van der Waals surface area contributed by atoms with E-state index in [1.54, 1.807) is 13.3 Å². The number of aromatic nitrogens is 1. The highest BCUT2D eigenvalue weighted by molar-refractivity contribution is 5.80. The van der Waals surface area contributed by atoms with E-state index in [1.807, 2.05) is 13.1 Å². The average Bonchev–Trinajstić information content (AvgIpc) is 3.17. The number of nitrogens with two attached hydrogens (primary N) is 1. The number of piperidine rings is 1. The minimum atomic E-state index is -0.222. The molecule has 2 saturated heterocycles. The summed E-state index contributed by atoms with van der Waals surface area (Å²) in [6.07, 6.45) is 4.73. The Labute approximate surface area is 167 Å². The molecule has 2 fully saturated rings. The molecule has 2 aliphatic rings. The lowest BCUT2D eigenvalue weighted by molar-refractivity contribution is -0.122. The first-order valence-corrected chi connectivity index (χ1v) is 10.0. The largest absolute Gasteiger partial charge is 0.384 e. The Balaban J connectivity index is 1.64. The van der Waals surface area contributed by atoms with Gasteiger partial charge in [0.25, 0.3) is 0 Å². The summed E-state index contributed by atoms with van der Waals surface area (Å²) in [5, 5.41) is 3.48. The van der Waals surface area contributed by atoms with Gasteiger partial charge in [-0.3, -0.25) is 9.79 Å². The molecule has 0 saturated carbocycles. The van der Waals surface area contributed by atoms with E-state index < -0.39 is 0 Å². The van der Waals surface area contributed by atoms with Gasteiger partial charge < -0.3 is 25.6 Å². The normalized spacial score (nSPS) is 23.1. The number of aliphatic imine (C=N–C) groups is 1. The fourth-order valence-electron chi connectivity index (χ4n) is 4.16. The second-order valence-electron chi connectivity index (χ2n) is 7.63. The molecule has 2 unspecified atom stereocenters. The number of carbonyl (C=O) groups excluding carboxylic acids is 1. The van der Waals surface area contributed by atoms with Gasteiger partial charge in [0.15, 0.2) is 5.96 Å². The number of nitrogens with one attached hydrogen (secondary N) is 1. The molecule has 0 bridgehead atoms. The third-order valence-corrected chi connectivity index (χ3v) is 5.63. The van der Waals surface area contributed by atoms with Crippen molar-refractivity contribution < 1.29 is 9.53 Å². The lowest BCUT2D eigenvalue weighted by Crippen LogP contribution is -2.43. The van der Waals surface area contributed by atoms with Gasteiger partial charge in [-0.2, -0.15) is 0 Å². The molecule has 2 aliphatic heterocycles.